The van der Waals surface area contributed by atoms with Crippen molar-refractivity contribution in [1.82, 2.24) is 15.5 Å². The lowest BCUT2D eigenvalue weighted by atomic mass is 9.88. The molecule has 1 saturated heterocycles. The summed E-state index contributed by atoms with van der Waals surface area (Å²) in [7, 11) is 2.09. The lowest BCUT2D eigenvalue weighted by Crippen LogP contribution is -2.61. The molecule has 0 aliphatic carbocycles. The Hall–Kier alpha value is -0.120. The highest BCUT2D eigenvalue weighted by molar-refractivity contribution is 4.94. The highest BCUT2D eigenvalue weighted by Crippen LogP contribution is 2.22. The van der Waals surface area contributed by atoms with Crippen molar-refractivity contribution in [2.75, 3.05) is 33.2 Å². The average molecular weight is 213 g/mol. The maximum atomic E-state index is 3.48. The molecule has 1 fully saturated rings. The first-order valence-electron chi connectivity index (χ1n) is 6.26. The van der Waals surface area contributed by atoms with Crippen molar-refractivity contribution in [2.45, 2.75) is 45.2 Å². The molecule has 1 aliphatic heterocycles. The molecule has 1 rings (SSSR count). The van der Waals surface area contributed by atoms with Crippen LogP contribution in [0.1, 0.15) is 33.6 Å². The van der Waals surface area contributed by atoms with E-state index in [1.54, 1.807) is 0 Å². The summed E-state index contributed by atoms with van der Waals surface area (Å²) in [6.45, 7) is 11.6. The fourth-order valence-corrected chi connectivity index (χ4v) is 2.60. The molecule has 3 nitrogen and oxygen atoms in total. The maximum Gasteiger partial charge on any atom is 0.0307 e. The lowest BCUT2D eigenvalue weighted by Gasteiger charge is -2.46. The number of hydrogen-bond donors (Lipinski definition) is 2. The van der Waals surface area contributed by atoms with Crippen molar-refractivity contribution >= 4 is 0 Å². The molecule has 15 heavy (non-hydrogen) atoms. The average Bonchev–Trinajstić information content (AvgIpc) is 2.27. The number of nitrogens with one attached hydrogen (secondary N) is 2. The molecule has 1 unspecified atom stereocenters. The van der Waals surface area contributed by atoms with E-state index in [1.165, 1.54) is 25.9 Å². The van der Waals surface area contributed by atoms with Crippen LogP contribution < -0.4 is 10.6 Å². The SMILES string of the molecule is CCCC(NC)C(C)(C)N1CCNCC1. The largest absolute Gasteiger partial charge is 0.315 e. The smallest absolute Gasteiger partial charge is 0.0307 e. The number of hydrogen-bond acceptors (Lipinski definition) is 3. The van der Waals surface area contributed by atoms with E-state index in [2.05, 4.69) is 43.4 Å². The third-order valence-electron chi connectivity index (χ3n) is 3.71. The van der Waals surface area contributed by atoms with Gasteiger partial charge in [0.15, 0.2) is 0 Å². The predicted octanol–water partition coefficient (Wildman–Crippen LogP) is 1.06. The molecule has 1 atom stereocenters. The number of piperazine rings is 1. The van der Waals surface area contributed by atoms with Crippen molar-refractivity contribution in [1.29, 1.82) is 0 Å². The molecule has 90 valence electrons. The van der Waals surface area contributed by atoms with Crippen LogP contribution in [-0.2, 0) is 0 Å². The molecule has 0 aromatic carbocycles. The molecular formula is C12H27N3. The molecule has 3 heteroatoms. The Labute approximate surface area is 94.6 Å². The van der Waals surface area contributed by atoms with Crippen LogP contribution in [0.25, 0.3) is 0 Å². The normalized spacial score (nSPS) is 21.6. The van der Waals surface area contributed by atoms with Crippen molar-refractivity contribution in [3.05, 3.63) is 0 Å². The van der Waals surface area contributed by atoms with Gasteiger partial charge in [-0.3, -0.25) is 4.90 Å². The van der Waals surface area contributed by atoms with Crippen LogP contribution in [0.3, 0.4) is 0 Å². The van der Waals surface area contributed by atoms with Gasteiger partial charge in [0.2, 0.25) is 0 Å². The molecule has 2 N–H and O–H groups in total. The molecule has 1 heterocycles. The van der Waals surface area contributed by atoms with E-state index in [0.29, 0.717) is 6.04 Å². The maximum absolute atomic E-state index is 3.48. The van der Waals surface area contributed by atoms with Gasteiger partial charge in [0.05, 0.1) is 0 Å². The van der Waals surface area contributed by atoms with Gasteiger partial charge in [-0.05, 0) is 27.3 Å². The van der Waals surface area contributed by atoms with Crippen LogP contribution in [0.2, 0.25) is 0 Å². The van der Waals surface area contributed by atoms with E-state index in [4.69, 9.17) is 0 Å². The molecule has 0 amide bonds. The van der Waals surface area contributed by atoms with Crippen molar-refractivity contribution in [3.63, 3.8) is 0 Å². The second-order valence-corrected chi connectivity index (χ2v) is 5.02. The van der Waals surface area contributed by atoms with Gasteiger partial charge in [-0.15, -0.1) is 0 Å². The number of nitrogens with zero attached hydrogens (tertiary/aromatic N) is 1. The van der Waals surface area contributed by atoms with E-state index in [-0.39, 0.29) is 5.54 Å². The summed E-state index contributed by atoms with van der Waals surface area (Å²) in [6.07, 6.45) is 2.51. The minimum Gasteiger partial charge on any atom is -0.315 e. The highest BCUT2D eigenvalue weighted by atomic mass is 15.3. The van der Waals surface area contributed by atoms with Gasteiger partial charge in [-0.25, -0.2) is 0 Å². The molecule has 1 aliphatic rings. The Balaban J connectivity index is 2.60. The molecular weight excluding hydrogens is 186 g/mol. The first-order chi connectivity index (χ1) is 7.12. The van der Waals surface area contributed by atoms with Gasteiger partial charge in [-0.1, -0.05) is 13.3 Å². The van der Waals surface area contributed by atoms with Crippen LogP contribution in [0, 0.1) is 0 Å². The standard InChI is InChI=1S/C12H27N3/c1-5-6-11(13-4)12(2,3)15-9-7-14-8-10-15/h11,13-14H,5-10H2,1-4H3. The second-order valence-electron chi connectivity index (χ2n) is 5.02. The topological polar surface area (TPSA) is 27.3 Å². The summed E-state index contributed by atoms with van der Waals surface area (Å²) < 4.78 is 0. The third-order valence-corrected chi connectivity index (χ3v) is 3.71. The van der Waals surface area contributed by atoms with E-state index < -0.39 is 0 Å². The molecule has 0 spiro atoms. The van der Waals surface area contributed by atoms with Crippen LogP contribution in [0.5, 0.6) is 0 Å². The van der Waals surface area contributed by atoms with Crippen molar-refractivity contribution < 1.29 is 0 Å². The van der Waals surface area contributed by atoms with E-state index in [1.807, 2.05) is 0 Å². The molecule has 0 saturated carbocycles. The monoisotopic (exact) mass is 213 g/mol. The van der Waals surface area contributed by atoms with Crippen molar-refractivity contribution in [2.24, 2.45) is 0 Å². The Morgan fingerprint density at radius 2 is 1.93 bits per heavy atom. The van der Waals surface area contributed by atoms with Gasteiger partial charge < -0.3 is 10.6 Å². The zero-order valence-electron chi connectivity index (χ0n) is 10.8. The summed E-state index contributed by atoms with van der Waals surface area (Å²) >= 11 is 0. The zero-order chi connectivity index (χ0) is 11.3. The van der Waals surface area contributed by atoms with Gasteiger partial charge in [0.25, 0.3) is 0 Å². The quantitative estimate of drug-likeness (QED) is 0.715. The second kappa shape index (κ2) is 5.83. The summed E-state index contributed by atoms with van der Waals surface area (Å²) in [5.41, 5.74) is 0.271. The molecule has 0 radical (unpaired) electrons. The van der Waals surface area contributed by atoms with Crippen LogP contribution in [0.15, 0.2) is 0 Å². The summed E-state index contributed by atoms with van der Waals surface area (Å²) in [4.78, 5) is 2.61. The minimum atomic E-state index is 0.271. The first-order valence-corrected chi connectivity index (χ1v) is 6.26. The number of likely N-dealkylation sites (N-methyl/N-ethyl adjacent to an activating group) is 1. The summed E-state index contributed by atoms with van der Waals surface area (Å²) in [5.74, 6) is 0. The predicted molar refractivity (Wildman–Crippen MR) is 66.3 cm³/mol. The van der Waals surface area contributed by atoms with E-state index in [9.17, 15) is 0 Å². The fraction of sp³-hybridized carbons (Fsp3) is 1.00. The zero-order valence-corrected chi connectivity index (χ0v) is 10.8. The summed E-state index contributed by atoms with van der Waals surface area (Å²) in [5, 5.41) is 6.89. The molecule has 0 bridgehead atoms. The van der Waals surface area contributed by atoms with Crippen LogP contribution in [0.4, 0.5) is 0 Å². The summed E-state index contributed by atoms with van der Waals surface area (Å²) in [6, 6.07) is 0.598. The van der Waals surface area contributed by atoms with Gasteiger partial charge in [0, 0.05) is 37.8 Å². The Kier molecular flexibility index (Phi) is 5.03. The minimum absolute atomic E-state index is 0.271. The first kappa shape index (κ1) is 12.9. The Morgan fingerprint density at radius 1 is 1.33 bits per heavy atom. The highest BCUT2D eigenvalue weighted by Gasteiger charge is 2.34. The Morgan fingerprint density at radius 3 is 2.40 bits per heavy atom. The van der Waals surface area contributed by atoms with Gasteiger partial charge >= 0.3 is 0 Å². The van der Waals surface area contributed by atoms with Crippen LogP contribution in [-0.4, -0.2) is 49.7 Å². The van der Waals surface area contributed by atoms with Gasteiger partial charge in [-0.2, -0.15) is 0 Å². The molecule has 0 aromatic heterocycles. The van der Waals surface area contributed by atoms with E-state index in [0.717, 1.165) is 13.1 Å². The number of rotatable bonds is 5. The Bertz CT molecular complexity index is 167. The molecule has 0 aromatic rings. The van der Waals surface area contributed by atoms with E-state index >= 15 is 0 Å². The fourth-order valence-electron chi connectivity index (χ4n) is 2.60. The van der Waals surface area contributed by atoms with Crippen LogP contribution >= 0.6 is 0 Å². The van der Waals surface area contributed by atoms with Crippen molar-refractivity contribution in [3.8, 4) is 0 Å². The third kappa shape index (κ3) is 3.16. The van der Waals surface area contributed by atoms with Gasteiger partial charge in [0.1, 0.15) is 0 Å². The lowest BCUT2D eigenvalue weighted by molar-refractivity contribution is 0.0669.